The van der Waals surface area contributed by atoms with E-state index in [1.165, 1.54) is 0 Å². The van der Waals surface area contributed by atoms with Crippen LogP contribution in [0.2, 0.25) is 5.02 Å². The molecule has 0 aliphatic heterocycles. The molecule has 6 nitrogen and oxygen atoms in total. The summed E-state index contributed by atoms with van der Waals surface area (Å²) in [5, 5.41) is 0.696. The molecule has 2 amide bonds. The fourth-order valence-corrected chi connectivity index (χ4v) is 2.81. The zero-order chi connectivity index (χ0) is 21.3. The quantitative estimate of drug-likeness (QED) is 0.562. The molecule has 2 N–H and O–H groups in total. The van der Waals surface area contributed by atoms with Gasteiger partial charge in [-0.3, -0.25) is 25.4 Å². The van der Waals surface area contributed by atoms with Crippen LogP contribution in [0.5, 0.6) is 5.75 Å². The van der Waals surface area contributed by atoms with E-state index in [0.29, 0.717) is 23.6 Å². The first-order valence-corrected chi connectivity index (χ1v) is 9.85. The molecule has 30 heavy (non-hydrogen) atoms. The average Bonchev–Trinajstić information content (AvgIpc) is 2.78. The number of carbonyl (C=O) groups is 2. The van der Waals surface area contributed by atoms with Crippen molar-refractivity contribution in [2.24, 2.45) is 0 Å². The number of ether oxygens (including phenoxy) is 1. The Balaban J connectivity index is 1.43. The van der Waals surface area contributed by atoms with Crippen molar-refractivity contribution in [3.63, 3.8) is 0 Å². The summed E-state index contributed by atoms with van der Waals surface area (Å²) in [4.78, 5) is 28.1. The standard InChI is InChI=1S/C23H22ClN3O3/c1-16-13-20(9-10-21(16)24)30-15-18-4-7-19(8-5-18)23(29)27-26-22(28)11-6-17-3-2-12-25-14-17/h2-5,7-10,12-14H,6,11,15H2,1H3,(H,26,28)(H,27,29). The van der Waals surface area contributed by atoms with Gasteiger partial charge in [-0.05, 0) is 66.4 Å². The SMILES string of the molecule is Cc1cc(OCc2ccc(C(=O)NNC(=O)CCc3cccnc3)cc2)ccc1Cl. The Kier molecular flexibility index (Phi) is 7.40. The number of amides is 2. The summed E-state index contributed by atoms with van der Waals surface area (Å²) in [6.45, 7) is 2.29. The predicted molar refractivity (Wildman–Crippen MR) is 115 cm³/mol. The molecule has 154 valence electrons. The van der Waals surface area contributed by atoms with Crippen molar-refractivity contribution in [3.8, 4) is 5.75 Å². The number of hydrazine groups is 1. The van der Waals surface area contributed by atoms with Gasteiger partial charge in [-0.25, -0.2) is 0 Å². The lowest BCUT2D eigenvalue weighted by Crippen LogP contribution is -2.41. The molecule has 3 rings (SSSR count). The molecule has 1 aromatic heterocycles. The lowest BCUT2D eigenvalue weighted by atomic mass is 10.1. The van der Waals surface area contributed by atoms with Crippen molar-refractivity contribution in [2.75, 3.05) is 0 Å². The smallest absolute Gasteiger partial charge is 0.269 e. The Morgan fingerprint density at radius 3 is 2.53 bits per heavy atom. The maximum absolute atomic E-state index is 12.2. The molecule has 0 spiro atoms. The Morgan fingerprint density at radius 2 is 1.83 bits per heavy atom. The van der Waals surface area contributed by atoms with Crippen LogP contribution in [0.4, 0.5) is 0 Å². The summed E-state index contributed by atoms with van der Waals surface area (Å²) in [7, 11) is 0. The lowest BCUT2D eigenvalue weighted by molar-refractivity contribution is -0.121. The molecule has 0 saturated carbocycles. The van der Waals surface area contributed by atoms with Crippen molar-refractivity contribution in [2.45, 2.75) is 26.4 Å². The van der Waals surface area contributed by atoms with Gasteiger partial charge in [-0.1, -0.05) is 29.8 Å². The number of hydrogen-bond donors (Lipinski definition) is 2. The molecule has 1 heterocycles. The highest BCUT2D eigenvalue weighted by atomic mass is 35.5. The first-order chi connectivity index (χ1) is 14.5. The van der Waals surface area contributed by atoms with E-state index in [2.05, 4.69) is 15.8 Å². The zero-order valence-electron chi connectivity index (χ0n) is 16.5. The maximum Gasteiger partial charge on any atom is 0.269 e. The normalized spacial score (nSPS) is 10.3. The highest BCUT2D eigenvalue weighted by molar-refractivity contribution is 6.31. The number of nitrogens with one attached hydrogen (secondary N) is 2. The number of carbonyl (C=O) groups excluding carboxylic acids is 2. The van der Waals surface area contributed by atoms with Crippen LogP contribution in [0.3, 0.4) is 0 Å². The molecule has 0 fully saturated rings. The molecule has 0 unspecified atom stereocenters. The average molecular weight is 424 g/mol. The Morgan fingerprint density at radius 1 is 1.03 bits per heavy atom. The number of aryl methyl sites for hydroxylation is 2. The number of nitrogens with zero attached hydrogens (tertiary/aromatic N) is 1. The summed E-state index contributed by atoms with van der Waals surface area (Å²) in [6.07, 6.45) is 4.20. The van der Waals surface area contributed by atoms with Crippen LogP contribution < -0.4 is 15.6 Å². The van der Waals surface area contributed by atoms with Crippen LogP contribution in [-0.2, 0) is 17.8 Å². The van der Waals surface area contributed by atoms with Crippen molar-refractivity contribution in [1.29, 1.82) is 0 Å². The third kappa shape index (κ3) is 6.32. The highest BCUT2D eigenvalue weighted by Gasteiger charge is 2.08. The molecule has 0 atom stereocenters. The van der Waals surface area contributed by atoms with Gasteiger partial charge >= 0.3 is 0 Å². The summed E-state index contributed by atoms with van der Waals surface area (Å²) in [6, 6.07) is 16.2. The predicted octanol–water partition coefficient (Wildman–Crippen LogP) is 4.02. The lowest BCUT2D eigenvalue weighted by Gasteiger charge is -2.09. The van der Waals surface area contributed by atoms with Crippen molar-refractivity contribution in [1.82, 2.24) is 15.8 Å². The van der Waals surface area contributed by atoms with Gasteiger partial charge in [-0.2, -0.15) is 0 Å². The van der Waals surface area contributed by atoms with E-state index in [4.69, 9.17) is 16.3 Å². The van der Waals surface area contributed by atoms with E-state index in [1.807, 2.05) is 43.3 Å². The highest BCUT2D eigenvalue weighted by Crippen LogP contribution is 2.21. The Labute approximate surface area is 180 Å². The molecular weight excluding hydrogens is 402 g/mol. The number of rotatable bonds is 7. The van der Waals surface area contributed by atoms with Gasteiger partial charge in [0.1, 0.15) is 12.4 Å². The maximum atomic E-state index is 12.2. The van der Waals surface area contributed by atoms with Crippen LogP contribution in [0.1, 0.15) is 33.5 Å². The van der Waals surface area contributed by atoms with Gasteiger partial charge in [0.05, 0.1) is 0 Å². The number of benzene rings is 2. The topological polar surface area (TPSA) is 80.3 Å². The minimum absolute atomic E-state index is 0.256. The van der Waals surface area contributed by atoms with Gasteiger partial charge in [0.2, 0.25) is 5.91 Å². The van der Waals surface area contributed by atoms with Crippen molar-refractivity contribution < 1.29 is 14.3 Å². The molecule has 7 heteroatoms. The van der Waals surface area contributed by atoms with Gasteiger partial charge in [0.25, 0.3) is 5.91 Å². The summed E-state index contributed by atoms with van der Waals surface area (Å²) in [5.41, 5.74) is 8.12. The van der Waals surface area contributed by atoms with E-state index in [0.717, 1.165) is 22.4 Å². The van der Waals surface area contributed by atoms with E-state index in [1.54, 1.807) is 30.6 Å². The van der Waals surface area contributed by atoms with Crippen molar-refractivity contribution >= 4 is 23.4 Å². The largest absolute Gasteiger partial charge is 0.489 e. The monoisotopic (exact) mass is 423 g/mol. The Bertz CT molecular complexity index is 1010. The first-order valence-electron chi connectivity index (χ1n) is 9.47. The molecule has 0 saturated heterocycles. The molecule has 0 aliphatic rings. The first kappa shape index (κ1) is 21.3. The van der Waals surface area contributed by atoms with Crippen LogP contribution in [0.15, 0.2) is 67.0 Å². The number of hydrogen-bond acceptors (Lipinski definition) is 4. The van der Waals surface area contributed by atoms with Crippen LogP contribution >= 0.6 is 11.6 Å². The second-order valence-corrected chi connectivity index (χ2v) is 7.17. The van der Waals surface area contributed by atoms with Crippen LogP contribution in [0.25, 0.3) is 0 Å². The second kappa shape index (κ2) is 10.4. The van der Waals surface area contributed by atoms with Gasteiger partial charge in [-0.15, -0.1) is 0 Å². The van der Waals surface area contributed by atoms with Gasteiger partial charge < -0.3 is 4.74 Å². The summed E-state index contributed by atoms with van der Waals surface area (Å²) < 4.78 is 5.75. The van der Waals surface area contributed by atoms with Gasteiger partial charge in [0.15, 0.2) is 0 Å². The van der Waals surface area contributed by atoms with Crippen LogP contribution in [-0.4, -0.2) is 16.8 Å². The second-order valence-electron chi connectivity index (χ2n) is 6.76. The van der Waals surface area contributed by atoms with E-state index in [9.17, 15) is 9.59 Å². The number of halogens is 1. The zero-order valence-corrected chi connectivity index (χ0v) is 17.3. The minimum atomic E-state index is -0.384. The third-order valence-electron chi connectivity index (χ3n) is 4.43. The van der Waals surface area contributed by atoms with Crippen molar-refractivity contribution in [3.05, 3.63) is 94.3 Å². The molecule has 3 aromatic rings. The van der Waals surface area contributed by atoms with E-state index in [-0.39, 0.29) is 18.2 Å². The van der Waals surface area contributed by atoms with E-state index < -0.39 is 0 Å². The molecule has 0 bridgehead atoms. The summed E-state index contributed by atoms with van der Waals surface area (Å²) in [5.74, 6) is 0.0775. The minimum Gasteiger partial charge on any atom is -0.489 e. The molecular formula is C23H22ClN3O3. The molecule has 2 aromatic carbocycles. The van der Waals surface area contributed by atoms with Gasteiger partial charge in [0, 0.05) is 29.4 Å². The number of pyridine rings is 1. The fraction of sp³-hybridized carbons (Fsp3) is 0.174. The summed E-state index contributed by atoms with van der Waals surface area (Å²) >= 11 is 6.01. The van der Waals surface area contributed by atoms with Crippen LogP contribution in [0, 0.1) is 6.92 Å². The third-order valence-corrected chi connectivity index (χ3v) is 4.85. The van der Waals surface area contributed by atoms with E-state index >= 15 is 0 Å². The fourth-order valence-electron chi connectivity index (χ4n) is 2.69. The molecule has 0 aliphatic carbocycles. The number of aromatic nitrogens is 1. The Hall–Kier alpha value is -3.38. The molecule has 0 radical (unpaired) electrons.